The highest BCUT2D eigenvalue weighted by Crippen LogP contribution is 2.20. The summed E-state index contributed by atoms with van der Waals surface area (Å²) in [6.45, 7) is 6.31. The van der Waals surface area contributed by atoms with Crippen LogP contribution < -0.4 is 10.6 Å². The van der Waals surface area contributed by atoms with Crippen molar-refractivity contribution in [2.75, 3.05) is 0 Å². The average Bonchev–Trinajstić information content (AvgIpc) is 2.83. The Kier molecular flexibility index (Phi) is 5.29. The predicted octanol–water partition coefficient (Wildman–Crippen LogP) is 2.93. The Bertz CT molecular complexity index is 494. The summed E-state index contributed by atoms with van der Waals surface area (Å²) in [5.41, 5.74) is 0.637. The van der Waals surface area contributed by atoms with Crippen molar-refractivity contribution in [3.05, 3.63) is 29.8 Å². The lowest BCUT2D eigenvalue weighted by atomic mass is 10.1. The number of hydrogen-bond acceptors (Lipinski definition) is 4. The average molecular weight is 306 g/mol. The van der Waals surface area contributed by atoms with Crippen molar-refractivity contribution in [1.29, 1.82) is 0 Å². The lowest BCUT2D eigenvalue weighted by molar-refractivity contribution is 0.0498. The third-order valence-electron chi connectivity index (χ3n) is 3.72. The van der Waals surface area contributed by atoms with Crippen molar-refractivity contribution in [3.8, 4) is 5.75 Å². The van der Waals surface area contributed by atoms with Crippen molar-refractivity contribution < 1.29 is 14.6 Å². The van der Waals surface area contributed by atoms with Gasteiger partial charge in [-0.15, -0.1) is 0 Å². The largest absolute Gasteiger partial charge is 0.508 e. The molecule has 1 aliphatic rings. The minimum Gasteiger partial charge on any atom is -0.508 e. The molecular weight excluding hydrogens is 280 g/mol. The number of carbonyl (C=O) groups is 1. The highest BCUT2D eigenvalue weighted by molar-refractivity contribution is 5.68. The number of rotatable bonds is 4. The van der Waals surface area contributed by atoms with E-state index in [-0.39, 0.29) is 23.9 Å². The summed E-state index contributed by atoms with van der Waals surface area (Å²) in [7, 11) is 0. The molecule has 0 aromatic heterocycles. The van der Waals surface area contributed by atoms with Crippen LogP contribution in [0.2, 0.25) is 0 Å². The van der Waals surface area contributed by atoms with E-state index in [9.17, 15) is 9.90 Å². The first kappa shape index (κ1) is 16.6. The first-order valence-corrected chi connectivity index (χ1v) is 7.84. The van der Waals surface area contributed by atoms with Crippen LogP contribution in [0, 0.1) is 0 Å². The zero-order valence-corrected chi connectivity index (χ0v) is 13.6. The van der Waals surface area contributed by atoms with Gasteiger partial charge in [0.25, 0.3) is 0 Å². The second kappa shape index (κ2) is 7.01. The van der Waals surface area contributed by atoms with Crippen LogP contribution >= 0.6 is 0 Å². The van der Waals surface area contributed by atoms with Gasteiger partial charge in [-0.05, 0) is 57.7 Å². The summed E-state index contributed by atoms with van der Waals surface area (Å²) in [5, 5.41) is 15.7. The molecule has 0 aliphatic heterocycles. The normalized spacial score (nSPS) is 21.6. The maximum absolute atomic E-state index is 11.9. The Labute approximate surface area is 132 Å². The molecule has 22 heavy (non-hydrogen) atoms. The molecule has 1 saturated carbocycles. The Morgan fingerprint density at radius 2 is 1.86 bits per heavy atom. The first-order valence-electron chi connectivity index (χ1n) is 7.84. The predicted molar refractivity (Wildman–Crippen MR) is 85.7 cm³/mol. The topological polar surface area (TPSA) is 70.6 Å². The smallest absolute Gasteiger partial charge is 0.407 e. The van der Waals surface area contributed by atoms with E-state index < -0.39 is 5.60 Å². The molecule has 1 aromatic rings. The number of ether oxygens (including phenoxy) is 1. The molecule has 2 rings (SSSR count). The molecule has 0 spiro atoms. The summed E-state index contributed by atoms with van der Waals surface area (Å²) in [4.78, 5) is 11.9. The quantitative estimate of drug-likeness (QED) is 0.800. The maximum Gasteiger partial charge on any atom is 0.407 e. The standard InChI is InChI=1S/C17H26N2O3/c1-17(2,3)22-16(21)19-15-6-4-5-14(15)18-11-12-7-9-13(20)10-8-12/h7-10,14-15,18,20H,4-6,11H2,1-3H3,(H,19,21). The van der Waals surface area contributed by atoms with Crippen LogP contribution in [0.25, 0.3) is 0 Å². The van der Waals surface area contributed by atoms with Crippen LogP contribution in [0.15, 0.2) is 24.3 Å². The summed E-state index contributed by atoms with van der Waals surface area (Å²) in [5.74, 6) is 0.272. The monoisotopic (exact) mass is 306 g/mol. The first-order chi connectivity index (χ1) is 10.3. The van der Waals surface area contributed by atoms with Crippen LogP contribution in [0.1, 0.15) is 45.6 Å². The molecule has 0 radical (unpaired) electrons. The number of benzene rings is 1. The van der Waals surface area contributed by atoms with Crippen LogP contribution in [-0.2, 0) is 11.3 Å². The Morgan fingerprint density at radius 1 is 1.23 bits per heavy atom. The van der Waals surface area contributed by atoms with Crippen molar-refractivity contribution in [2.24, 2.45) is 0 Å². The molecule has 122 valence electrons. The summed E-state index contributed by atoms with van der Waals surface area (Å²) >= 11 is 0. The Balaban J connectivity index is 1.82. The SMILES string of the molecule is CC(C)(C)OC(=O)NC1CCCC1NCc1ccc(O)cc1. The van der Waals surface area contributed by atoms with Gasteiger partial charge in [0.2, 0.25) is 0 Å². The maximum atomic E-state index is 11.9. The number of amides is 1. The minimum atomic E-state index is -0.475. The zero-order chi connectivity index (χ0) is 16.2. The fourth-order valence-corrected chi connectivity index (χ4v) is 2.70. The van der Waals surface area contributed by atoms with Crippen LogP contribution in [0.5, 0.6) is 5.75 Å². The van der Waals surface area contributed by atoms with Gasteiger partial charge < -0.3 is 20.5 Å². The molecule has 0 saturated heterocycles. The van der Waals surface area contributed by atoms with E-state index in [0.717, 1.165) is 31.4 Å². The molecule has 1 amide bonds. The third kappa shape index (κ3) is 5.22. The highest BCUT2D eigenvalue weighted by atomic mass is 16.6. The summed E-state index contributed by atoms with van der Waals surface area (Å²) < 4.78 is 5.32. The molecule has 3 N–H and O–H groups in total. The molecule has 5 nitrogen and oxygen atoms in total. The lowest BCUT2D eigenvalue weighted by Gasteiger charge is -2.25. The molecule has 2 unspecified atom stereocenters. The molecular formula is C17H26N2O3. The van der Waals surface area contributed by atoms with Gasteiger partial charge >= 0.3 is 6.09 Å². The number of carbonyl (C=O) groups excluding carboxylic acids is 1. The molecule has 1 aliphatic carbocycles. The number of phenolic OH excluding ortho intramolecular Hbond substituents is 1. The molecule has 0 bridgehead atoms. The van der Waals surface area contributed by atoms with E-state index in [1.165, 1.54) is 0 Å². The van der Waals surface area contributed by atoms with Gasteiger partial charge in [0, 0.05) is 18.6 Å². The molecule has 1 aromatic carbocycles. The molecule has 5 heteroatoms. The van der Waals surface area contributed by atoms with Crippen LogP contribution in [0.4, 0.5) is 4.79 Å². The van der Waals surface area contributed by atoms with E-state index in [1.807, 2.05) is 32.9 Å². The van der Waals surface area contributed by atoms with Gasteiger partial charge in [0.15, 0.2) is 0 Å². The van der Waals surface area contributed by atoms with Gasteiger partial charge in [-0.1, -0.05) is 12.1 Å². The van der Waals surface area contributed by atoms with E-state index in [2.05, 4.69) is 10.6 Å². The Morgan fingerprint density at radius 3 is 2.50 bits per heavy atom. The minimum absolute atomic E-state index is 0.104. The van der Waals surface area contributed by atoms with E-state index in [1.54, 1.807) is 12.1 Å². The zero-order valence-electron chi connectivity index (χ0n) is 13.6. The summed E-state index contributed by atoms with van der Waals surface area (Å²) in [6.07, 6.45) is 2.74. The second-order valence-corrected chi connectivity index (χ2v) is 6.84. The highest BCUT2D eigenvalue weighted by Gasteiger charge is 2.29. The second-order valence-electron chi connectivity index (χ2n) is 6.84. The van der Waals surface area contributed by atoms with Crippen LogP contribution in [0.3, 0.4) is 0 Å². The number of nitrogens with one attached hydrogen (secondary N) is 2. The number of phenols is 1. The van der Waals surface area contributed by atoms with Crippen molar-refractivity contribution in [2.45, 2.75) is 64.3 Å². The van der Waals surface area contributed by atoms with Gasteiger partial charge in [-0.2, -0.15) is 0 Å². The van der Waals surface area contributed by atoms with E-state index >= 15 is 0 Å². The molecule has 2 atom stereocenters. The third-order valence-corrected chi connectivity index (χ3v) is 3.72. The van der Waals surface area contributed by atoms with Gasteiger partial charge in [-0.25, -0.2) is 4.79 Å². The van der Waals surface area contributed by atoms with Crippen molar-refractivity contribution in [1.82, 2.24) is 10.6 Å². The van der Waals surface area contributed by atoms with Gasteiger partial charge in [0.05, 0.1) is 0 Å². The Hall–Kier alpha value is -1.75. The fraction of sp³-hybridized carbons (Fsp3) is 0.588. The lowest BCUT2D eigenvalue weighted by Crippen LogP contribution is -2.47. The van der Waals surface area contributed by atoms with Gasteiger partial charge in [0.1, 0.15) is 11.4 Å². The van der Waals surface area contributed by atoms with E-state index in [0.29, 0.717) is 0 Å². The molecule has 0 heterocycles. The molecule has 1 fully saturated rings. The number of alkyl carbamates (subject to hydrolysis) is 1. The van der Waals surface area contributed by atoms with Crippen molar-refractivity contribution >= 4 is 6.09 Å². The van der Waals surface area contributed by atoms with Gasteiger partial charge in [-0.3, -0.25) is 0 Å². The number of hydrogen-bond donors (Lipinski definition) is 3. The summed E-state index contributed by atoms with van der Waals surface area (Å²) in [6, 6.07) is 7.51. The van der Waals surface area contributed by atoms with E-state index in [4.69, 9.17) is 4.74 Å². The fourth-order valence-electron chi connectivity index (χ4n) is 2.70. The van der Waals surface area contributed by atoms with Crippen LogP contribution in [-0.4, -0.2) is 28.9 Å². The number of aromatic hydroxyl groups is 1. The van der Waals surface area contributed by atoms with Crippen molar-refractivity contribution in [3.63, 3.8) is 0 Å².